The molecular weight excluding hydrogens is 914 g/mol. The zero-order valence-corrected chi connectivity index (χ0v) is 39.6. The molecule has 0 unspecified atom stereocenters. The van der Waals surface area contributed by atoms with Gasteiger partial charge in [-0.15, -0.1) is 0 Å². The molecule has 0 fully saturated rings. The lowest BCUT2D eigenvalue weighted by Gasteiger charge is -2.21. The third kappa shape index (κ3) is 6.63. The van der Waals surface area contributed by atoms with Crippen LogP contribution in [0.15, 0.2) is 212 Å². The van der Waals surface area contributed by atoms with E-state index in [9.17, 15) is 13.2 Å². The largest absolute Gasteiger partial charge is 0.457 e. The van der Waals surface area contributed by atoms with Crippen LogP contribution < -0.4 is 14.5 Å². The van der Waals surface area contributed by atoms with Gasteiger partial charge in [-0.1, -0.05) is 97.1 Å². The Morgan fingerprint density at radius 2 is 0.973 bits per heavy atom. The highest BCUT2D eigenvalue weighted by atomic mass is 19.4. The van der Waals surface area contributed by atoms with Gasteiger partial charge in [0.1, 0.15) is 17.3 Å². The lowest BCUT2D eigenvalue weighted by Crippen LogP contribution is -2.23. The Balaban J connectivity index is 0.961. The number of hydrogen-bond donors (Lipinski definition) is 0. The molecule has 0 amide bonds. The highest BCUT2D eigenvalue weighted by Gasteiger charge is 2.32. The molecule has 0 atom stereocenters. The molecule has 1 aliphatic heterocycles. The van der Waals surface area contributed by atoms with Crippen LogP contribution in [0.25, 0.3) is 93.7 Å². The van der Waals surface area contributed by atoms with Crippen LogP contribution in [0.4, 0.5) is 30.2 Å². The summed E-state index contributed by atoms with van der Waals surface area (Å²) in [5.41, 5.74) is 12.9. The van der Waals surface area contributed by atoms with E-state index in [1.54, 1.807) is 6.07 Å². The molecule has 14 rings (SSSR count). The Bertz CT molecular complexity index is 4150. The zero-order valence-electron chi connectivity index (χ0n) is 39.6. The molecule has 0 saturated carbocycles. The molecule has 0 radical (unpaired) electrons. The Labute approximate surface area is 417 Å². The van der Waals surface area contributed by atoms with Crippen LogP contribution in [-0.4, -0.2) is 32.4 Å². The molecule has 10 heteroatoms. The van der Waals surface area contributed by atoms with Gasteiger partial charge in [0, 0.05) is 74.5 Å². The van der Waals surface area contributed by atoms with E-state index in [1.807, 2.05) is 65.4 Å². The second kappa shape index (κ2) is 16.1. The van der Waals surface area contributed by atoms with Crippen LogP contribution >= 0.6 is 0 Å². The van der Waals surface area contributed by atoms with E-state index in [0.717, 1.165) is 94.8 Å². The van der Waals surface area contributed by atoms with Crippen molar-refractivity contribution in [1.82, 2.24) is 18.7 Å². The molecule has 13 aromatic rings. The van der Waals surface area contributed by atoms with Crippen molar-refractivity contribution in [2.45, 2.75) is 13.1 Å². The number of alkyl halides is 3. The third-order valence-corrected chi connectivity index (χ3v) is 14.6. The van der Waals surface area contributed by atoms with Crippen LogP contribution in [0.2, 0.25) is 0 Å². The van der Waals surface area contributed by atoms with Gasteiger partial charge >= 0.3 is 6.18 Å². The first-order valence-electron chi connectivity index (χ1n) is 24.3. The van der Waals surface area contributed by atoms with Crippen LogP contribution in [0, 0.1) is 6.92 Å². The fourth-order valence-electron chi connectivity index (χ4n) is 11.4. The number of nitrogens with zero attached hydrogens (tertiary/aromatic N) is 6. The maximum Gasteiger partial charge on any atom is 0.416 e. The van der Waals surface area contributed by atoms with Gasteiger partial charge in [0.25, 0.3) is 0 Å². The van der Waals surface area contributed by atoms with E-state index in [1.165, 1.54) is 6.07 Å². The fraction of sp³-hybridized carbons (Fsp3) is 0.0635. The van der Waals surface area contributed by atoms with Crippen LogP contribution in [0.1, 0.15) is 11.1 Å². The minimum Gasteiger partial charge on any atom is -0.457 e. The van der Waals surface area contributed by atoms with Gasteiger partial charge in [-0.05, 0) is 110 Å². The number of anilines is 3. The molecule has 0 aliphatic carbocycles. The van der Waals surface area contributed by atoms with Crippen molar-refractivity contribution in [3.05, 3.63) is 224 Å². The van der Waals surface area contributed by atoms with E-state index in [-0.39, 0.29) is 0 Å². The molecule has 0 N–H and O–H groups in total. The smallest absolute Gasteiger partial charge is 0.416 e. The standard InChI is InChI=1S/C63H43F3N6O/c1-39-33-61(72-55-32-29-40(63(64,65)66)34-49(55)48-31-30-43(36-60(48)72)73-42-16-13-15-41(35-42)69-38-68(2)56-25-11-12-26-57(56)69)67-37-50(39)62-58(70-51-21-7-3-17-44(51)45-18-4-8-22-52(45)70)27-14-28-59(62)71-53-23-9-5-19-46(53)47-20-6-10-24-54(47)71/h3-37H,38H2,1-2H3. The molecule has 0 spiro atoms. The predicted molar refractivity (Wildman–Crippen MR) is 291 cm³/mol. The van der Waals surface area contributed by atoms with E-state index in [0.29, 0.717) is 45.8 Å². The van der Waals surface area contributed by atoms with E-state index < -0.39 is 11.7 Å². The molecule has 9 aromatic carbocycles. The van der Waals surface area contributed by atoms with Crippen molar-refractivity contribution in [1.29, 1.82) is 0 Å². The number of para-hydroxylation sites is 6. The minimum absolute atomic E-state index is 0.462. The topological polar surface area (TPSA) is 43.4 Å². The summed E-state index contributed by atoms with van der Waals surface area (Å²) < 4.78 is 56.6. The Hall–Kier alpha value is -9.28. The van der Waals surface area contributed by atoms with Crippen molar-refractivity contribution in [3.8, 4) is 39.8 Å². The lowest BCUT2D eigenvalue weighted by atomic mass is 9.98. The summed E-state index contributed by atoms with van der Waals surface area (Å²) in [4.78, 5) is 9.74. The van der Waals surface area contributed by atoms with Gasteiger partial charge in [0.05, 0.1) is 68.1 Å². The molecule has 7 nitrogen and oxygen atoms in total. The summed E-state index contributed by atoms with van der Waals surface area (Å²) in [6, 6.07) is 68.4. The third-order valence-electron chi connectivity index (χ3n) is 14.6. The van der Waals surface area contributed by atoms with Gasteiger partial charge in [0.2, 0.25) is 0 Å². The molecule has 0 bridgehead atoms. The van der Waals surface area contributed by atoms with Crippen LogP contribution in [-0.2, 0) is 6.18 Å². The van der Waals surface area contributed by atoms with Gasteiger partial charge in [-0.25, -0.2) is 4.98 Å². The monoisotopic (exact) mass is 956 g/mol. The van der Waals surface area contributed by atoms with Crippen molar-refractivity contribution < 1.29 is 17.9 Å². The number of benzene rings is 9. The maximum absolute atomic E-state index is 14.4. The quantitative estimate of drug-likeness (QED) is 0.160. The summed E-state index contributed by atoms with van der Waals surface area (Å²) in [7, 11) is 2.07. The number of pyridine rings is 1. The molecular formula is C63H43F3N6O. The van der Waals surface area contributed by atoms with E-state index >= 15 is 0 Å². The Morgan fingerprint density at radius 3 is 1.58 bits per heavy atom. The fourth-order valence-corrected chi connectivity index (χ4v) is 11.4. The summed E-state index contributed by atoms with van der Waals surface area (Å²) in [5, 5.41) is 5.71. The first kappa shape index (κ1) is 42.6. The first-order chi connectivity index (χ1) is 35.7. The first-order valence-corrected chi connectivity index (χ1v) is 24.3. The molecule has 352 valence electrons. The van der Waals surface area contributed by atoms with Gasteiger partial charge in [0.15, 0.2) is 0 Å². The number of fused-ring (bicyclic) bond motifs is 10. The van der Waals surface area contributed by atoms with E-state index in [4.69, 9.17) is 9.72 Å². The second-order valence-electron chi connectivity index (χ2n) is 18.9. The van der Waals surface area contributed by atoms with Crippen molar-refractivity contribution in [2.24, 2.45) is 0 Å². The molecule has 5 heterocycles. The average molecular weight is 957 g/mol. The predicted octanol–water partition coefficient (Wildman–Crippen LogP) is 16.7. The second-order valence-corrected chi connectivity index (χ2v) is 18.9. The van der Waals surface area contributed by atoms with Crippen molar-refractivity contribution in [3.63, 3.8) is 0 Å². The van der Waals surface area contributed by atoms with Crippen molar-refractivity contribution >= 4 is 82.5 Å². The Morgan fingerprint density at radius 1 is 0.452 bits per heavy atom. The normalized spacial score (nSPS) is 12.9. The SMILES string of the molecule is Cc1cc(-n2c3ccc(C(F)(F)F)cc3c3ccc(Oc4cccc(N5CN(C)c6ccccc65)c4)cc32)ncc1-c1c(-n2c3ccccc3c3ccccc32)cccc1-n1c2ccccc2c2ccccc21. The van der Waals surface area contributed by atoms with Crippen LogP contribution in [0.3, 0.4) is 0 Å². The van der Waals surface area contributed by atoms with Gasteiger partial charge in [-0.3, -0.25) is 4.57 Å². The number of aromatic nitrogens is 4. The summed E-state index contributed by atoms with van der Waals surface area (Å²) >= 11 is 0. The average Bonchev–Trinajstić information content (AvgIpc) is 4.14. The summed E-state index contributed by atoms with van der Waals surface area (Å²) in [6.07, 6.45) is -2.61. The Kier molecular flexibility index (Phi) is 9.41. The summed E-state index contributed by atoms with van der Waals surface area (Å²) in [5.74, 6) is 1.72. The molecule has 1 aliphatic rings. The highest BCUT2D eigenvalue weighted by Crippen LogP contribution is 2.45. The zero-order chi connectivity index (χ0) is 49.1. The van der Waals surface area contributed by atoms with Gasteiger partial charge < -0.3 is 23.7 Å². The lowest BCUT2D eigenvalue weighted by molar-refractivity contribution is -0.137. The number of rotatable bonds is 7. The molecule has 4 aromatic heterocycles. The molecule has 0 saturated heterocycles. The van der Waals surface area contributed by atoms with Crippen LogP contribution in [0.5, 0.6) is 11.5 Å². The molecule has 73 heavy (non-hydrogen) atoms. The maximum atomic E-state index is 14.4. The number of aryl methyl sites for hydroxylation is 1. The summed E-state index contributed by atoms with van der Waals surface area (Å²) in [6.45, 7) is 2.78. The van der Waals surface area contributed by atoms with Gasteiger partial charge in [-0.2, -0.15) is 13.2 Å². The number of ether oxygens (including phenoxy) is 1. The van der Waals surface area contributed by atoms with E-state index in [2.05, 4.69) is 166 Å². The highest BCUT2D eigenvalue weighted by molar-refractivity contribution is 6.13. The number of hydrogen-bond acceptors (Lipinski definition) is 4. The number of halogens is 3. The van der Waals surface area contributed by atoms with Crippen molar-refractivity contribution in [2.75, 3.05) is 23.5 Å². The minimum atomic E-state index is -4.53.